The van der Waals surface area contributed by atoms with E-state index in [4.69, 9.17) is 20.1 Å². The SMILES string of the molecule is CC.CC.CC.CC.CC.CNCCN(C)C.CN[C@@H](CO)C(C)(C)C.CN[C@@H](CO)CC(C)C.CN[C@H](CO)C(C)(C)C.CN[C@H](COC)CC(C)C. The van der Waals surface area contributed by atoms with Gasteiger partial charge in [0.15, 0.2) is 0 Å². The number of rotatable bonds is 16. The summed E-state index contributed by atoms with van der Waals surface area (Å²) in [5.41, 5.74) is 0.312. The predicted octanol–water partition coefficient (Wildman–Crippen LogP) is 8.00. The number of nitrogens with zero attached hydrogens (tertiary/aromatic N) is 1. The minimum Gasteiger partial charge on any atom is -0.395 e. The normalized spacial score (nSPS) is 12.1. The van der Waals surface area contributed by atoms with Gasteiger partial charge in [-0.1, -0.05) is 138 Å². The van der Waals surface area contributed by atoms with Crippen molar-refractivity contribution in [1.82, 2.24) is 31.5 Å². The number of ether oxygens (including phenoxy) is 1. The molecular weight excluding hydrogens is 677 g/mol. The van der Waals surface area contributed by atoms with Crippen molar-refractivity contribution in [2.45, 2.75) is 175 Å². The quantitative estimate of drug-likeness (QED) is 0.0778. The maximum absolute atomic E-state index is 8.80. The molecule has 344 valence electrons. The van der Waals surface area contributed by atoms with Gasteiger partial charge in [0.2, 0.25) is 0 Å². The van der Waals surface area contributed by atoms with Crippen LogP contribution in [0.4, 0.5) is 0 Å². The van der Waals surface area contributed by atoms with Crippen molar-refractivity contribution in [2.75, 3.05) is 96.0 Å². The number of methoxy groups -OCH3 is 1. The van der Waals surface area contributed by atoms with Crippen LogP contribution in [0.25, 0.3) is 0 Å². The maximum atomic E-state index is 8.80. The van der Waals surface area contributed by atoms with Crippen molar-refractivity contribution in [1.29, 1.82) is 0 Å². The molecule has 8 N–H and O–H groups in total. The molecule has 0 spiro atoms. The van der Waals surface area contributed by atoms with E-state index in [2.05, 4.69) is 115 Å². The van der Waals surface area contributed by atoms with Gasteiger partial charge in [-0.25, -0.2) is 0 Å². The van der Waals surface area contributed by atoms with E-state index < -0.39 is 0 Å². The molecule has 10 nitrogen and oxygen atoms in total. The van der Waals surface area contributed by atoms with Crippen molar-refractivity contribution in [3.05, 3.63) is 0 Å². The fraction of sp³-hybridized carbons (Fsp3) is 1.00. The lowest BCUT2D eigenvalue weighted by Crippen LogP contribution is -2.40. The molecule has 0 aliphatic carbocycles. The van der Waals surface area contributed by atoms with Crippen molar-refractivity contribution in [3.63, 3.8) is 0 Å². The van der Waals surface area contributed by atoms with Crippen LogP contribution in [-0.2, 0) is 4.74 Å². The number of hydrogen-bond acceptors (Lipinski definition) is 10. The summed E-state index contributed by atoms with van der Waals surface area (Å²) >= 11 is 0. The molecule has 0 fully saturated rings. The molecule has 0 aliphatic heterocycles. The van der Waals surface area contributed by atoms with Crippen LogP contribution in [0.5, 0.6) is 0 Å². The minimum absolute atomic E-state index is 0.156. The van der Waals surface area contributed by atoms with Crippen LogP contribution in [0.15, 0.2) is 0 Å². The summed E-state index contributed by atoms with van der Waals surface area (Å²) in [6.45, 7) is 45.0. The molecule has 0 amide bonds. The van der Waals surface area contributed by atoms with Crippen molar-refractivity contribution >= 4 is 0 Å². The predicted molar refractivity (Wildman–Crippen MR) is 252 cm³/mol. The summed E-state index contributed by atoms with van der Waals surface area (Å²) < 4.78 is 5.03. The van der Waals surface area contributed by atoms with E-state index in [1.54, 1.807) is 7.11 Å². The molecule has 0 unspecified atom stereocenters. The van der Waals surface area contributed by atoms with E-state index in [1.807, 2.05) is 104 Å². The lowest BCUT2D eigenvalue weighted by molar-refractivity contribution is 0.160. The van der Waals surface area contributed by atoms with Gasteiger partial charge in [-0.3, -0.25) is 0 Å². The first kappa shape index (κ1) is 78.0. The van der Waals surface area contributed by atoms with E-state index >= 15 is 0 Å². The molecule has 0 aromatic rings. The van der Waals surface area contributed by atoms with Crippen LogP contribution < -0.4 is 26.6 Å². The zero-order valence-corrected chi connectivity index (χ0v) is 42.8. The molecule has 0 radical (unpaired) electrons. The lowest BCUT2D eigenvalue weighted by Gasteiger charge is -2.28. The topological polar surface area (TPSA) is 133 Å². The molecule has 0 saturated carbocycles. The lowest BCUT2D eigenvalue weighted by atomic mass is 9.87. The third kappa shape index (κ3) is 80.1. The summed E-state index contributed by atoms with van der Waals surface area (Å²) in [6.07, 6.45) is 2.23. The Kier molecular flexibility index (Phi) is 93.2. The van der Waals surface area contributed by atoms with Crippen molar-refractivity contribution in [2.24, 2.45) is 22.7 Å². The third-order valence-electron chi connectivity index (χ3n) is 6.88. The monoisotopic (exact) mass is 791 g/mol. The standard InChI is InChI=1S/C8H19NO.3C7H17NO.C5H14N2.5C2H6/c1-7(2)5-8(9-3)6-10-4;2*1-7(2,3)6(5-9)8-4;1-6(2)4-7(5-9)8-3;1-6-4-5-7(2)3;5*1-2/h7-9H,5-6H2,1-4H3;2*6,8-9H,5H2,1-4H3;6-9H,4-5H2,1-3H3;6H,4-5H2,1-3H3;5*1-2H3/t8-;2*6-;7-;;;;;;/m0101....../s1. The first-order valence-corrected chi connectivity index (χ1v) is 21.5. The van der Waals surface area contributed by atoms with E-state index in [0.717, 1.165) is 32.0 Å². The summed E-state index contributed by atoms with van der Waals surface area (Å²) in [6, 6.07) is 1.21. The van der Waals surface area contributed by atoms with Gasteiger partial charge >= 0.3 is 0 Å². The summed E-state index contributed by atoms with van der Waals surface area (Å²) in [7, 11) is 15.4. The highest BCUT2D eigenvalue weighted by molar-refractivity contribution is 4.78. The van der Waals surface area contributed by atoms with Crippen LogP contribution in [0.3, 0.4) is 0 Å². The molecule has 10 heteroatoms. The molecular formula is C44H114N6O4. The second-order valence-corrected chi connectivity index (χ2v) is 14.6. The van der Waals surface area contributed by atoms with Gasteiger partial charge in [0.1, 0.15) is 0 Å². The minimum atomic E-state index is 0.156. The van der Waals surface area contributed by atoms with Crippen LogP contribution >= 0.6 is 0 Å². The first-order chi connectivity index (χ1) is 25.2. The molecule has 0 saturated heterocycles. The van der Waals surface area contributed by atoms with Gasteiger partial charge < -0.3 is 51.5 Å². The van der Waals surface area contributed by atoms with E-state index in [-0.39, 0.29) is 48.8 Å². The number of aliphatic hydroxyl groups is 3. The van der Waals surface area contributed by atoms with Gasteiger partial charge in [0, 0.05) is 44.4 Å². The molecule has 4 atom stereocenters. The first-order valence-electron chi connectivity index (χ1n) is 21.5. The molecule has 54 heavy (non-hydrogen) atoms. The Morgan fingerprint density at radius 1 is 0.519 bits per heavy atom. The summed E-state index contributed by atoms with van der Waals surface area (Å²) in [4.78, 5) is 2.15. The highest BCUT2D eigenvalue weighted by Crippen LogP contribution is 2.18. The molecule has 0 bridgehead atoms. The molecule has 0 aromatic carbocycles. The van der Waals surface area contributed by atoms with Crippen LogP contribution in [0, 0.1) is 22.7 Å². The Labute approximate surface area is 344 Å². The molecule has 0 aromatic heterocycles. The Morgan fingerprint density at radius 3 is 0.907 bits per heavy atom. The zero-order chi connectivity index (χ0) is 45.9. The van der Waals surface area contributed by atoms with Gasteiger partial charge in [0.05, 0.1) is 26.4 Å². The van der Waals surface area contributed by atoms with E-state index in [9.17, 15) is 0 Å². The van der Waals surface area contributed by atoms with Crippen LogP contribution in [0.2, 0.25) is 0 Å². The second kappa shape index (κ2) is 64.5. The van der Waals surface area contributed by atoms with Gasteiger partial charge in [-0.05, 0) is 84.8 Å². The zero-order valence-electron chi connectivity index (χ0n) is 42.8. The third-order valence-corrected chi connectivity index (χ3v) is 6.88. The average Bonchev–Trinajstić information content (AvgIpc) is 3.14. The number of hydrogen-bond donors (Lipinski definition) is 8. The average molecular weight is 791 g/mol. The highest BCUT2D eigenvalue weighted by atomic mass is 16.5. The number of aliphatic hydroxyl groups excluding tert-OH is 3. The molecule has 0 heterocycles. The molecule has 0 rings (SSSR count). The second-order valence-electron chi connectivity index (χ2n) is 14.6. The van der Waals surface area contributed by atoms with Crippen LogP contribution in [0.1, 0.15) is 151 Å². The Balaban J connectivity index is -0.0000000529. The number of likely N-dealkylation sites (N-methyl/N-ethyl adjacent to an activating group) is 6. The van der Waals surface area contributed by atoms with Crippen molar-refractivity contribution in [3.8, 4) is 0 Å². The van der Waals surface area contributed by atoms with Crippen LogP contribution in [-0.4, -0.2) is 140 Å². The Hall–Kier alpha value is -0.400. The van der Waals surface area contributed by atoms with E-state index in [0.29, 0.717) is 12.0 Å². The smallest absolute Gasteiger partial charge is 0.0615 e. The fourth-order valence-electron chi connectivity index (χ4n) is 3.82. The fourth-order valence-corrected chi connectivity index (χ4v) is 3.82. The maximum Gasteiger partial charge on any atom is 0.0615 e. The largest absolute Gasteiger partial charge is 0.395 e. The van der Waals surface area contributed by atoms with Gasteiger partial charge in [0.25, 0.3) is 0 Å². The van der Waals surface area contributed by atoms with E-state index in [1.165, 1.54) is 6.42 Å². The van der Waals surface area contributed by atoms with Gasteiger partial charge in [-0.2, -0.15) is 0 Å². The molecule has 0 aliphatic rings. The van der Waals surface area contributed by atoms with Crippen molar-refractivity contribution < 1.29 is 20.1 Å². The summed E-state index contributed by atoms with van der Waals surface area (Å²) in [5, 5.41) is 41.7. The summed E-state index contributed by atoms with van der Waals surface area (Å²) in [5.74, 6) is 1.40. The Bertz CT molecular complexity index is 510. The highest BCUT2D eigenvalue weighted by Gasteiger charge is 2.22. The Morgan fingerprint density at radius 2 is 0.815 bits per heavy atom. The number of nitrogens with one attached hydrogen (secondary N) is 5. The van der Waals surface area contributed by atoms with Gasteiger partial charge in [-0.15, -0.1) is 0 Å².